The van der Waals surface area contributed by atoms with E-state index in [4.69, 9.17) is 0 Å². The smallest absolute Gasteiger partial charge is 0.445 e. The second kappa shape index (κ2) is 4.44. The van der Waals surface area contributed by atoms with Crippen molar-refractivity contribution in [2.75, 3.05) is 12.4 Å². The zero-order valence-electron chi connectivity index (χ0n) is 9.58. The molecule has 10 heteroatoms. The summed E-state index contributed by atoms with van der Waals surface area (Å²) in [6.07, 6.45) is -4.01. The highest BCUT2D eigenvalue weighted by molar-refractivity contribution is 7.15. The molecule has 0 unspecified atom stereocenters. The van der Waals surface area contributed by atoms with Gasteiger partial charge in [0.25, 0.3) is 0 Å². The van der Waals surface area contributed by atoms with Crippen LogP contribution in [0.2, 0.25) is 0 Å². The van der Waals surface area contributed by atoms with Gasteiger partial charge in [-0.25, -0.2) is 0 Å². The summed E-state index contributed by atoms with van der Waals surface area (Å²) >= 11 is 0.200. The predicted molar refractivity (Wildman–Crippen MR) is 57.2 cm³/mol. The van der Waals surface area contributed by atoms with Crippen molar-refractivity contribution in [3.8, 4) is 0 Å². The number of esters is 1. The van der Waals surface area contributed by atoms with Crippen molar-refractivity contribution in [2.45, 2.75) is 19.0 Å². The Labute approximate surface area is 109 Å². The van der Waals surface area contributed by atoms with Gasteiger partial charge < -0.3 is 4.74 Å². The Morgan fingerprint density at radius 3 is 2.42 bits per heavy atom. The second-order valence-corrected chi connectivity index (χ2v) is 4.92. The first-order chi connectivity index (χ1) is 8.79. The quantitative estimate of drug-likeness (QED) is 0.674. The van der Waals surface area contributed by atoms with Crippen molar-refractivity contribution in [3.05, 3.63) is 5.01 Å². The number of hydrogen-bond acceptors (Lipinski definition) is 6. The maximum Gasteiger partial charge on any atom is 0.445 e. The normalized spacial score (nSPS) is 16.8. The van der Waals surface area contributed by atoms with Crippen LogP contribution in [0.25, 0.3) is 0 Å². The summed E-state index contributed by atoms with van der Waals surface area (Å²) in [7, 11) is 1.14. The van der Waals surface area contributed by atoms with Crippen LogP contribution in [0, 0.1) is 5.41 Å². The molecule has 1 N–H and O–H groups in total. The number of anilines is 1. The van der Waals surface area contributed by atoms with Crippen molar-refractivity contribution in [1.82, 2.24) is 10.2 Å². The van der Waals surface area contributed by atoms with Gasteiger partial charge in [0, 0.05) is 0 Å². The third kappa shape index (κ3) is 2.53. The van der Waals surface area contributed by atoms with Crippen LogP contribution in [0.15, 0.2) is 0 Å². The fourth-order valence-electron chi connectivity index (χ4n) is 1.45. The van der Waals surface area contributed by atoms with Crippen LogP contribution in [0.1, 0.15) is 17.8 Å². The Kier molecular flexibility index (Phi) is 3.20. The summed E-state index contributed by atoms with van der Waals surface area (Å²) in [4.78, 5) is 23.2. The van der Waals surface area contributed by atoms with Crippen LogP contribution in [0.4, 0.5) is 18.3 Å². The van der Waals surface area contributed by atoms with E-state index in [1.165, 1.54) is 0 Å². The number of nitrogens with zero attached hydrogens (tertiary/aromatic N) is 2. The Balaban J connectivity index is 2.08. The van der Waals surface area contributed by atoms with Gasteiger partial charge in [0.1, 0.15) is 5.41 Å². The third-order valence-electron chi connectivity index (χ3n) is 2.65. The van der Waals surface area contributed by atoms with Crippen LogP contribution >= 0.6 is 11.3 Å². The van der Waals surface area contributed by atoms with Gasteiger partial charge in [0.05, 0.1) is 7.11 Å². The van der Waals surface area contributed by atoms with Gasteiger partial charge in [-0.1, -0.05) is 11.3 Å². The molecule has 19 heavy (non-hydrogen) atoms. The molecule has 0 aliphatic heterocycles. The maximum atomic E-state index is 12.3. The van der Waals surface area contributed by atoms with E-state index in [1.807, 2.05) is 0 Å². The van der Waals surface area contributed by atoms with E-state index in [0.29, 0.717) is 12.8 Å². The molecule has 0 spiro atoms. The maximum absolute atomic E-state index is 12.3. The Morgan fingerprint density at radius 1 is 1.37 bits per heavy atom. The number of halogens is 3. The lowest BCUT2D eigenvalue weighted by Crippen LogP contribution is -2.32. The van der Waals surface area contributed by atoms with Crippen LogP contribution in [0.3, 0.4) is 0 Å². The lowest BCUT2D eigenvalue weighted by atomic mass is 10.1. The zero-order valence-corrected chi connectivity index (χ0v) is 10.4. The topological polar surface area (TPSA) is 81.2 Å². The minimum Gasteiger partial charge on any atom is -0.468 e. The highest BCUT2D eigenvalue weighted by Gasteiger charge is 2.58. The molecule has 0 atom stereocenters. The Hall–Kier alpha value is -1.71. The molecule has 1 saturated carbocycles. The largest absolute Gasteiger partial charge is 0.468 e. The molecule has 0 bridgehead atoms. The molecular formula is C9H8F3N3O3S. The van der Waals surface area contributed by atoms with E-state index in [-0.39, 0.29) is 16.5 Å². The first-order valence-corrected chi connectivity index (χ1v) is 5.92. The molecule has 0 saturated heterocycles. The number of amides is 1. The lowest BCUT2D eigenvalue weighted by molar-refractivity contribution is -0.150. The fourth-order valence-corrected chi connectivity index (χ4v) is 2.06. The number of methoxy groups -OCH3 is 1. The summed E-state index contributed by atoms with van der Waals surface area (Å²) in [5.41, 5.74) is -1.29. The number of rotatable bonds is 3. The molecule has 6 nitrogen and oxygen atoms in total. The molecule has 1 aromatic heterocycles. The zero-order chi connectivity index (χ0) is 14.3. The van der Waals surface area contributed by atoms with Gasteiger partial charge >= 0.3 is 12.1 Å². The molecule has 104 valence electrons. The van der Waals surface area contributed by atoms with Crippen LogP contribution in [0.5, 0.6) is 0 Å². The number of carbonyl (C=O) groups excluding carboxylic acids is 2. The van der Waals surface area contributed by atoms with Crippen LogP contribution < -0.4 is 5.32 Å². The molecular weight excluding hydrogens is 287 g/mol. The molecule has 1 aliphatic rings. The van der Waals surface area contributed by atoms with Crippen molar-refractivity contribution >= 4 is 28.3 Å². The first-order valence-electron chi connectivity index (χ1n) is 5.10. The van der Waals surface area contributed by atoms with Gasteiger partial charge in [-0.05, 0) is 12.8 Å². The molecule has 0 radical (unpaired) electrons. The average molecular weight is 295 g/mol. The van der Waals surface area contributed by atoms with E-state index >= 15 is 0 Å². The van der Waals surface area contributed by atoms with Crippen molar-refractivity contribution in [3.63, 3.8) is 0 Å². The monoisotopic (exact) mass is 295 g/mol. The van der Waals surface area contributed by atoms with E-state index in [2.05, 4.69) is 20.3 Å². The molecule has 2 rings (SSSR count). The standard InChI is InChI=1S/C9H8F3N3O3S/c1-18-6(17)8(2-3-8)4(16)13-7-15-14-5(19-7)9(10,11)12/h2-3H2,1H3,(H,13,15,16). The molecule has 1 aliphatic carbocycles. The number of aromatic nitrogens is 2. The fraction of sp³-hybridized carbons (Fsp3) is 0.556. The highest BCUT2D eigenvalue weighted by atomic mass is 32.1. The van der Waals surface area contributed by atoms with E-state index < -0.39 is 28.5 Å². The second-order valence-electron chi connectivity index (χ2n) is 3.94. The SMILES string of the molecule is COC(=O)C1(C(=O)Nc2nnc(C(F)(F)F)s2)CC1. The summed E-state index contributed by atoms with van der Waals surface area (Å²) in [5.74, 6) is -1.42. The van der Waals surface area contributed by atoms with Gasteiger partial charge in [-0.15, -0.1) is 10.2 Å². The van der Waals surface area contributed by atoms with Gasteiger partial charge in [-0.3, -0.25) is 14.9 Å². The summed E-state index contributed by atoms with van der Waals surface area (Å²) in [6, 6.07) is 0. The van der Waals surface area contributed by atoms with Crippen molar-refractivity contribution < 1.29 is 27.5 Å². The summed E-state index contributed by atoms with van der Waals surface area (Å²) in [5, 5.41) is 6.83. The van der Waals surface area contributed by atoms with Gasteiger partial charge in [0.2, 0.25) is 16.0 Å². The Bertz CT molecular complexity index is 524. The Morgan fingerprint density at radius 2 is 2.00 bits per heavy atom. The van der Waals surface area contributed by atoms with Gasteiger partial charge in [-0.2, -0.15) is 13.2 Å². The number of carbonyl (C=O) groups is 2. The molecule has 1 fully saturated rings. The van der Waals surface area contributed by atoms with E-state index in [1.54, 1.807) is 0 Å². The molecule has 0 aromatic carbocycles. The predicted octanol–water partition coefficient (Wildman–Crippen LogP) is 1.45. The minimum atomic E-state index is -4.61. The minimum absolute atomic E-state index is 0.200. The molecule has 1 aromatic rings. The molecule has 1 heterocycles. The van der Waals surface area contributed by atoms with Crippen LogP contribution in [-0.2, 0) is 20.5 Å². The van der Waals surface area contributed by atoms with E-state index in [0.717, 1.165) is 7.11 Å². The van der Waals surface area contributed by atoms with Crippen LogP contribution in [-0.4, -0.2) is 29.2 Å². The van der Waals surface area contributed by atoms with Crippen molar-refractivity contribution in [1.29, 1.82) is 0 Å². The molecule has 1 amide bonds. The summed E-state index contributed by atoms with van der Waals surface area (Å²) < 4.78 is 41.3. The first kappa shape index (κ1) is 13.7. The summed E-state index contributed by atoms with van der Waals surface area (Å²) in [6.45, 7) is 0. The number of nitrogens with one attached hydrogen (secondary N) is 1. The number of ether oxygens (including phenoxy) is 1. The van der Waals surface area contributed by atoms with Crippen molar-refractivity contribution in [2.24, 2.45) is 5.41 Å². The third-order valence-corrected chi connectivity index (χ3v) is 3.53. The lowest BCUT2D eigenvalue weighted by Gasteiger charge is -2.10. The number of alkyl halides is 3. The van der Waals surface area contributed by atoms with Gasteiger partial charge in [0.15, 0.2) is 0 Å². The van der Waals surface area contributed by atoms with E-state index in [9.17, 15) is 22.8 Å². The average Bonchev–Trinajstić information content (AvgIpc) is 3.01. The number of hydrogen-bond donors (Lipinski definition) is 1. The highest BCUT2D eigenvalue weighted by Crippen LogP contribution is 2.47.